The Bertz CT molecular complexity index is 616. The van der Waals surface area contributed by atoms with Crippen LogP contribution in [0.1, 0.15) is 19.3 Å². The number of hydrogen-bond acceptors (Lipinski definition) is 2. The van der Waals surface area contributed by atoms with E-state index in [0.717, 1.165) is 28.9 Å². The van der Waals surface area contributed by atoms with Crippen molar-refractivity contribution in [2.75, 3.05) is 0 Å². The van der Waals surface area contributed by atoms with E-state index < -0.39 is 0 Å². The minimum atomic E-state index is 0.0724. The average Bonchev–Trinajstić information content (AvgIpc) is 3.12. The molecule has 2 aromatic rings. The summed E-state index contributed by atoms with van der Waals surface area (Å²) in [7, 11) is 0. The van der Waals surface area contributed by atoms with E-state index in [1.165, 1.54) is 12.8 Å². The van der Waals surface area contributed by atoms with Crippen molar-refractivity contribution in [2.24, 2.45) is 5.92 Å². The molecule has 1 aliphatic carbocycles. The second kappa shape index (κ2) is 4.26. The van der Waals surface area contributed by atoms with Crippen LogP contribution in [0.4, 0.5) is 0 Å². The van der Waals surface area contributed by atoms with E-state index in [2.05, 4.69) is 20.9 Å². The number of aromatic nitrogens is 2. The van der Waals surface area contributed by atoms with Crippen LogP contribution in [0, 0.1) is 5.92 Å². The first kappa shape index (κ1) is 11.0. The fraction of sp³-hybridized carbons (Fsp3) is 0.385. The second-order valence-corrected chi connectivity index (χ2v) is 5.55. The minimum absolute atomic E-state index is 0.0724. The molecule has 1 saturated carbocycles. The first-order valence-electron chi connectivity index (χ1n) is 5.89. The van der Waals surface area contributed by atoms with E-state index in [1.54, 1.807) is 10.9 Å². The Kier molecular flexibility index (Phi) is 2.74. The summed E-state index contributed by atoms with van der Waals surface area (Å²) in [5.74, 6) is 0.836. The highest BCUT2D eigenvalue weighted by atomic mass is 79.9. The van der Waals surface area contributed by atoms with Crippen molar-refractivity contribution in [1.82, 2.24) is 9.55 Å². The van der Waals surface area contributed by atoms with Gasteiger partial charge in [0, 0.05) is 11.0 Å². The van der Waals surface area contributed by atoms with Crippen LogP contribution in [0.5, 0.6) is 0 Å². The average molecular weight is 293 g/mol. The zero-order chi connectivity index (χ0) is 11.8. The number of benzene rings is 1. The summed E-state index contributed by atoms with van der Waals surface area (Å²) in [5.41, 5.74) is 0.829. The molecule has 0 radical (unpaired) electrons. The molecule has 1 aromatic carbocycles. The number of rotatable bonds is 3. The summed E-state index contributed by atoms with van der Waals surface area (Å²) in [6, 6.07) is 5.60. The summed E-state index contributed by atoms with van der Waals surface area (Å²) in [5, 5.41) is 0.700. The van der Waals surface area contributed by atoms with Crippen molar-refractivity contribution in [3.05, 3.63) is 39.4 Å². The SMILES string of the molecule is O=c1c2ccc(Br)cc2ncn1CCC1CC1. The molecule has 0 spiro atoms. The molecule has 0 unspecified atom stereocenters. The normalized spacial score (nSPS) is 15.4. The van der Waals surface area contributed by atoms with Gasteiger partial charge >= 0.3 is 0 Å². The molecule has 1 heterocycles. The number of hydrogen-bond donors (Lipinski definition) is 0. The van der Waals surface area contributed by atoms with E-state index in [0.29, 0.717) is 5.39 Å². The van der Waals surface area contributed by atoms with Crippen LogP contribution >= 0.6 is 15.9 Å². The highest BCUT2D eigenvalue weighted by Gasteiger charge is 2.20. The first-order chi connectivity index (χ1) is 8.24. The van der Waals surface area contributed by atoms with Gasteiger partial charge in [-0.25, -0.2) is 4.98 Å². The van der Waals surface area contributed by atoms with Gasteiger partial charge < -0.3 is 0 Å². The molecule has 1 aliphatic rings. The molecule has 17 heavy (non-hydrogen) atoms. The lowest BCUT2D eigenvalue weighted by atomic mass is 10.2. The second-order valence-electron chi connectivity index (χ2n) is 4.64. The quantitative estimate of drug-likeness (QED) is 0.872. The zero-order valence-electron chi connectivity index (χ0n) is 9.40. The first-order valence-corrected chi connectivity index (χ1v) is 6.68. The molecule has 0 bridgehead atoms. The van der Waals surface area contributed by atoms with Crippen LogP contribution in [-0.4, -0.2) is 9.55 Å². The zero-order valence-corrected chi connectivity index (χ0v) is 11.0. The van der Waals surface area contributed by atoms with Crippen molar-refractivity contribution in [3.8, 4) is 0 Å². The van der Waals surface area contributed by atoms with E-state index in [1.807, 2.05) is 18.2 Å². The predicted molar refractivity (Wildman–Crippen MR) is 71.0 cm³/mol. The van der Waals surface area contributed by atoms with Gasteiger partial charge in [0.2, 0.25) is 0 Å². The fourth-order valence-electron chi connectivity index (χ4n) is 2.02. The molecule has 88 valence electrons. The number of nitrogens with zero attached hydrogens (tertiary/aromatic N) is 2. The van der Waals surface area contributed by atoms with Crippen molar-refractivity contribution >= 4 is 26.8 Å². The van der Waals surface area contributed by atoms with Gasteiger partial charge in [0.1, 0.15) is 0 Å². The number of fused-ring (bicyclic) bond motifs is 1. The van der Waals surface area contributed by atoms with Crippen LogP contribution in [0.25, 0.3) is 10.9 Å². The Hall–Kier alpha value is -1.16. The lowest BCUT2D eigenvalue weighted by Crippen LogP contribution is -2.20. The number of aryl methyl sites for hydroxylation is 1. The summed E-state index contributed by atoms with van der Waals surface area (Å²) >= 11 is 3.38. The summed E-state index contributed by atoms with van der Waals surface area (Å²) in [4.78, 5) is 16.5. The smallest absolute Gasteiger partial charge is 0.261 e. The van der Waals surface area contributed by atoms with Gasteiger partial charge in [-0.05, 0) is 30.5 Å². The van der Waals surface area contributed by atoms with Gasteiger partial charge in [-0.15, -0.1) is 0 Å². The molecule has 0 aliphatic heterocycles. The summed E-state index contributed by atoms with van der Waals surface area (Å²) in [6.45, 7) is 0.794. The van der Waals surface area contributed by atoms with Crippen molar-refractivity contribution in [1.29, 1.82) is 0 Å². The van der Waals surface area contributed by atoms with Gasteiger partial charge in [-0.3, -0.25) is 9.36 Å². The molecule has 1 aromatic heterocycles. The van der Waals surface area contributed by atoms with Gasteiger partial charge in [-0.1, -0.05) is 28.8 Å². The van der Waals surface area contributed by atoms with Crippen molar-refractivity contribution in [3.63, 3.8) is 0 Å². The van der Waals surface area contributed by atoms with Gasteiger partial charge in [0.05, 0.1) is 17.2 Å². The van der Waals surface area contributed by atoms with Gasteiger partial charge in [0.25, 0.3) is 5.56 Å². The van der Waals surface area contributed by atoms with Gasteiger partial charge in [0.15, 0.2) is 0 Å². The van der Waals surface area contributed by atoms with E-state index in [9.17, 15) is 4.79 Å². The Morgan fingerprint density at radius 3 is 3.00 bits per heavy atom. The third-order valence-corrected chi connectivity index (χ3v) is 3.76. The Labute approximate surface area is 108 Å². The molecular weight excluding hydrogens is 280 g/mol. The molecule has 0 atom stereocenters. The molecule has 0 amide bonds. The lowest BCUT2D eigenvalue weighted by molar-refractivity contribution is 0.578. The topological polar surface area (TPSA) is 34.9 Å². The Morgan fingerprint density at radius 2 is 2.24 bits per heavy atom. The van der Waals surface area contributed by atoms with Crippen molar-refractivity contribution < 1.29 is 0 Å². The fourth-order valence-corrected chi connectivity index (χ4v) is 2.37. The number of halogens is 1. The lowest BCUT2D eigenvalue weighted by Gasteiger charge is -2.05. The maximum atomic E-state index is 12.2. The maximum absolute atomic E-state index is 12.2. The van der Waals surface area contributed by atoms with Gasteiger partial charge in [-0.2, -0.15) is 0 Å². The Balaban J connectivity index is 1.99. The van der Waals surface area contributed by atoms with E-state index >= 15 is 0 Å². The largest absolute Gasteiger partial charge is 0.299 e. The van der Waals surface area contributed by atoms with E-state index in [-0.39, 0.29) is 5.56 Å². The standard InChI is InChI=1S/C13H13BrN2O/c14-10-3-4-11-12(7-10)15-8-16(13(11)17)6-5-9-1-2-9/h3-4,7-9H,1-2,5-6H2. The summed E-state index contributed by atoms with van der Waals surface area (Å²) in [6.07, 6.45) is 5.41. The minimum Gasteiger partial charge on any atom is -0.299 e. The highest BCUT2D eigenvalue weighted by molar-refractivity contribution is 9.10. The highest BCUT2D eigenvalue weighted by Crippen LogP contribution is 2.32. The predicted octanol–water partition coefficient (Wildman–Crippen LogP) is 2.96. The molecular formula is C13H13BrN2O. The molecule has 1 fully saturated rings. The molecule has 3 rings (SSSR count). The van der Waals surface area contributed by atoms with Crippen LogP contribution in [0.15, 0.2) is 33.8 Å². The maximum Gasteiger partial charge on any atom is 0.261 e. The third kappa shape index (κ3) is 2.27. The van der Waals surface area contributed by atoms with Crippen LogP contribution in [0.3, 0.4) is 0 Å². The molecule has 4 heteroatoms. The monoisotopic (exact) mass is 292 g/mol. The Morgan fingerprint density at radius 1 is 1.41 bits per heavy atom. The molecule has 0 saturated heterocycles. The summed E-state index contributed by atoms with van der Waals surface area (Å²) < 4.78 is 2.68. The molecule has 3 nitrogen and oxygen atoms in total. The van der Waals surface area contributed by atoms with Crippen molar-refractivity contribution in [2.45, 2.75) is 25.8 Å². The third-order valence-electron chi connectivity index (χ3n) is 3.26. The van der Waals surface area contributed by atoms with Crippen LogP contribution in [0.2, 0.25) is 0 Å². The van der Waals surface area contributed by atoms with Crippen LogP contribution < -0.4 is 5.56 Å². The van der Waals surface area contributed by atoms with Crippen LogP contribution in [-0.2, 0) is 6.54 Å². The van der Waals surface area contributed by atoms with E-state index in [4.69, 9.17) is 0 Å². The molecule has 0 N–H and O–H groups in total.